The van der Waals surface area contributed by atoms with Crippen molar-refractivity contribution in [2.75, 3.05) is 19.0 Å². The Hall–Kier alpha value is -1.77. The maximum Gasteiger partial charge on any atom is 0.119 e. The van der Waals surface area contributed by atoms with Crippen molar-refractivity contribution in [3.8, 4) is 5.75 Å². The van der Waals surface area contributed by atoms with Crippen molar-refractivity contribution in [2.45, 2.75) is 6.42 Å². The minimum Gasteiger partial charge on any atom is -0.497 e. The van der Waals surface area contributed by atoms with Gasteiger partial charge in [0.25, 0.3) is 0 Å². The molecule has 3 nitrogen and oxygen atoms in total. The van der Waals surface area contributed by atoms with E-state index in [0.29, 0.717) is 0 Å². The Kier molecular flexibility index (Phi) is 1.78. The molecule has 0 atom stereocenters. The summed E-state index contributed by atoms with van der Waals surface area (Å²) in [5.41, 5.74) is 3.54. The van der Waals surface area contributed by atoms with Crippen molar-refractivity contribution in [2.24, 2.45) is 0 Å². The summed E-state index contributed by atoms with van der Waals surface area (Å²) in [5.74, 6) is 0.881. The summed E-state index contributed by atoms with van der Waals surface area (Å²) in [7, 11) is 1.69. The molecule has 1 N–H and O–H groups in total. The average Bonchev–Trinajstić information content (AvgIpc) is 2.76. The fourth-order valence-electron chi connectivity index (χ4n) is 2.06. The molecule has 0 saturated carbocycles. The van der Waals surface area contributed by atoms with E-state index in [0.717, 1.165) is 29.6 Å². The van der Waals surface area contributed by atoms with Crippen LogP contribution >= 0.6 is 0 Å². The number of pyridine rings is 1. The SMILES string of the molecule is COc1ccc2ncc3c(c2c1)NCC3. The summed E-state index contributed by atoms with van der Waals surface area (Å²) in [6, 6.07) is 5.98. The van der Waals surface area contributed by atoms with Gasteiger partial charge in [-0.25, -0.2) is 0 Å². The summed E-state index contributed by atoms with van der Waals surface area (Å²) in [6.07, 6.45) is 3.03. The van der Waals surface area contributed by atoms with Gasteiger partial charge in [-0.2, -0.15) is 0 Å². The van der Waals surface area contributed by atoms with Crippen molar-refractivity contribution in [3.05, 3.63) is 30.0 Å². The van der Waals surface area contributed by atoms with Crippen molar-refractivity contribution < 1.29 is 4.74 Å². The molecule has 0 unspecified atom stereocenters. The zero-order valence-corrected chi connectivity index (χ0v) is 8.58. The second-order valence-corrected chi connectivity index (χ2v) is 3.72. The molecular formula is C12H12N2O. The van der Waals surface area contributed by atoms with Gasteiger partial charge in [0, 0.05) is 23.8 Å². The van der Waals surface area contributed by atoms with Crippen molar-refractivity contribution >= 4 is 16.6 Å². The average molecular weight is 200 g/mol. The van der Waals surface area contributed by atoms with Crippen LogP contribution in [0.2, 0.25) is 0 Å². The first-order valence-corrected chi connectivity index (χ1v) is 5.08. The van der Waals surface area contributed by atoms with Gasteiger partial charge in [0.1, 0.15) is 5.75 Å². The van der Waals surface area contributed by atoms with Crippen LogP contribution < -0.4 is 10.1 Å². The summed E-state index contributed by atoms with van der Waals surface area (Å²) in [5, 5.41) is 4.56. The molecule has 2 aromatic rings. The standard InChI is InChI=1S/C12H12N2O/c1-15-9-2-3-11-10(6-9)12-8(7-14-11)4-5-13-12/h2-3,6-7,13H,4-5H2,1H3. The minimum absolute atomic E-state index is 0.881. The van der Waals surface area contributed by atoms with E-state index in [4.69, 9.17) is 4.74 Å². The quantitative estimate of drug-likeness (QED) is 0.766. The normalized spacial score (nSPS) is 13.7. The molecule has 1 aliphatic rings. The molecule has 0 saturated heterocycles. The molecule has 0 spiro atoms. The lowest BCUT2D eigenvalue weighted by Crippen LogP contribution is -1.92. The largest absolute Gasteiger partial charge is 0.497 e. The second-order valence-electron chi connectivity index (χ2n) is 3.72. The smallest absolute Gasteiger partial charge is 0.119 e. The first-order chi connectivity index (χ1) is 7.38. The molecule has 0 radical (unpaired) electrons. The van der Waals surface area contributed by atoms with Crippen LogP contribution in [0.5, 0.6) is 5.75 Å². The number of anilines is 1. The van der Waals surface area contributed by atoms with Crippen LogP contribution in [-0.2, 0) is 6.42 Å². The van der Waals surface area contributed by atoms with Gasteiger partial charge >= 0.3 is 0 Å². The number of nitrogens with zero attached hydrogens (tertiary/aromatic N) is 1. The summed E-state index contributed by atoms with van der Waals surface area (Å²) in [6.45, 7) is 1.01. The van der Waals surface area contributed by atoms with E-state index in [1.807, 2.05) is 24.4 Å². The summed E-state index contributed by atoms with van der Waals surface area (Å²) < 4.78 is 5.23. The Morgan fingerprint density at radius 3 is 3.20 bits per heavy atom. The molecule has 1 aromatic carbocycles. The predicted molar refractivity (Wildman–Crippen MR) is 60.5 cm³/mol. The molecule has 76 valence electrons. The number of aromatic nitrogens is 1. The Labute approximate surface area is 88.1 Å². The molecule has 2 heterocycles. The predicted octanol–water partition coefficient (Wildman–Crippen LogP) is 2.21. The van der Waals surface area contributed by atoms with Crippen LogP contribution in [0, 0.1) is 0 Å². The number of ether oxygens (including phenoxy) is 1. The number of rotatable bonds is 1. The number of fused-ring (bicyclic) bond motifs is 3. The van der Waals surface area contributed by atoms with Crippen LogP contribution in [0.1, 0.15) is 5.56 Å². The van der Waals surface area contributed by atoms with E-state index >= 15 is 0 Å². The summed E-state index contributed by atoms with van der Waals surface area (Å²) in [4.78, 5) is 4.43. The first-order valence-electron chi connectivity index (χ1n) is 5.08. The Balaban J connectivity index is 2.32. The van der Waals surface area contributed by atoms with Gasteiger partial charge in [-0.1, -0.05) is 0 Å². The molecule has 0 aliphatic carbocycles. The molecule has 0 bridgehead atoms. The Bertz CT molecular complexity index is 522. The van der Waals surface area contributed by atoms with E-state index in [9.17, 15) is 0 Å². The molecule has 1 aromatic heterocycles. The van der Waals surface area contributed by atoms with Gasteiger partial charge in [-0.3, -0.25) is 4.98 Å². The molecule has 3 rings (SSSR count). The number of benzene rings is 1. The highest BCUT2D eigenvalue weighted by Crippen LogP contribution is 2.31. The fourth-order valence-corrected chi connectivity index (χ4v) is 2.06. The molecule has 0 fully saturated rings. The van der Waals surface area contributed by atoms with Crippen LogP contribution in [0.15, 0.2) is 24.4 Å². The molecule has 15 heavy (non-hydrogen) atoms. The van der Waals surface area contributed by atoms with Gasteiger partial charge < -0.3 is 10.1 Å². The van der Waals surface area contributed by atoms with E-state index in [1.54, 1.807) is 7.11 Å². The lowest BCUT2D eigenvalue weighted by atomic mass is 10.1. The monoisotopic (exact) mass is 200 g/mol. The molecule has 0 amide bonds. The highest BCUT2D eigenvalue weighted by molar-refractivity contribution is 5.94. The van der Waals surface area contributed by atoms with E-state index < -0.39 is 0 Å². The highest BCUT2D eigenvalue weighted by atomic mass is 16.5. The van der Waals surface area contributed by atoms with E-state index in [1.165, 1.54) is 11.3 Å². The van der Waals surface area contributed by atoms with Gasteiger partial charge in [0.2, 0.25) is 0 Å². The van der Waals surface area contributed by atoms with Crippen molar-refractivity contribution in [1.82, 2.24) is 4.98 Å². The highest BCUT2D eigenvalue weighted by Gasteiger charge is 2.14. The van der Waals surface area contributed by atoms with E-state index in [2.05, 4.69) is 10.3 Å². The molecule has 1 aliphatic heterocycles. The van der Waals surface area contributed by atoms with Gasteiger partial charge in [0.15, 0.2) is 0 Å². The fraction of sp³-hybridized carbons (Fsp3) is 0.250. The number of hydrogen-bond acceptors (Lipinski definition) is 3. The van der Waals surface area contributed by atoms with Crippen LogP contribution in [0.25, 0.3) is 10.9 Å². The minimum atomic E-state index is 0.881. The number of hydrogen-bond donors (Lipinski definition) is 1. The second kappa shape index (κ2) is 3.12. The number of nitrogens with one attached hydrogen (secondary N) is 1. The lowest BCUT2D eigenvalue weighted by Gasteiger charge is -2.06. The lowest BCUT2D eigenvalue weighted by molar-refractivity contribution is 0.415. The topological polar surface area (TPSA) is 34.1 Å². The van der Waals surface area contributed by atoms with Crippen LogP contribution in [-0.4, -0.2) is 18.6 Å². The van der Waals surface area contributed by atoms with Gasteiger partial charge in [-0.05, 0) is 30.2 Å². The van der Waals surface area contributed by atoms with Crippen LogP contribution in [0.4, 0.5) is 5.69 Å². The zero-order chi connectivity index (χ0) is 10.3. The molecular weight excluding hydrogens is 188 g/mol. The number of methoxy groups -OCH3 is 1. The van der Waals surface area contributed by atoms with Crippen molar-refractivity contribution in [1.29, 1.82) is 0 Å². The van der Waals surface area contributed by atoms with Gasteiger partial charge in [-0.15, -0.1) is 0 Å². The molecule has 3 heteroatoms. The maximum atomic E-state index is 5.23. The van der Waals surface area contributed by atoms with Crippen LogP contribution in [0.3, 0.4) is 0 Å². The van der Waals surface area contributed by atoms with Gasteiger partial charge in [0.05, 0.1) is 12.6 Å². The van der Waals surface area contributed by atoms with E-state index in [-0.39, 0.29) is 0 Å². The third-order valence-electron chi connectivity index (χ3n) is 2.85. The third-order valence-corrected chi connectivity index (χ3v) is 2.85. The maximum absolute atomic E-state index is 5.23. The Morgan fingerprint density at radius 2 is 2.33 bits per heavy atom. The summed E-state index contributed by atoms with van der Waals surface area (Å²) >= 11 is 0. The zero-order valence-electron chi connectivity index (χ0n) is 8.58. The first kappa shape index (κ1) is 8.53. The third kappa shape index (κ3) is 1.23. The Morgan fingerprint density at radius 1 is 1.40 bits per heavy atom. The van der Waals surface area contributed by atoms with Crippen molar-refractivity contribution in [3.63, 3.8) is 0 Å².